The first-order valence-electron chi connectivity index (χ1n) is 9.53. The van der Waals surface area contributed by atoms with E-state index in [1.165, 1.54) is 6.42 Å². The summed E-state index contributed by atoms with van der Waals surface area (Å²) in [5, 5.41) is 9.03. The molecule has 0 saturated heterocycles. The van der Waals surface area contributed by atoms with Gasteiger partial charge in [0.2, 0.25) is 0 Å². The van der Waals surface area contributed by atoms with Gasteiger partial charge in [-0.25, -0.2) is 0 Å². The zero-order chi connectivity index (χ0) is 18.0. The van der Waals surface area contributed by atoms with Gasteiger partial charge in [0.1, 0.15) is 11.4 Å². The maximum Gasteiger partial charge on any atom is 0.173 e. The third-order valence-corrected chi connectivity index (χ3v) is 5.86. The molecule has 1 heterocycles. The minimum atomic E-state index is -0.422. The molecule has 0 radical (unpaired) electrons. The fourth-order valence-corrected chi connectivity index (χ4v) is 4.54. The molecule has 3 nitrogen and oxygen atoms in total. The lowest BCUT2D eigenvalue weighted by Gasteiger charge is -2.46. The Bertz CT molecular complexity index is 844. The third-order valence-electron chi connectivity index (χ3n) is 5.86. The fraction of sp³-hybridized carbons (Fsp3) is 0.391. The minimum Gasteiger partial charge on any atom is -0.486 e. The number of fused-ring (bicyclic) bond motifs is 1. The van der Waals surface area contributed by atoms with E-state index in [0.717, 1.165) is 36.8 Å². The van der Waals surface area contributed by atoms with Crippen LogP contribution in [0.15, 0.2) is 48.5 Å². The zero-order valence-electron chi connectivity index (χ0n) is 14.9. The number of hydrogen-bond acceptors (Lipinski definition) is 3. The van der Waals surface area contributed by atoms with Crippen molar-refractivity contribution in [2.75, 3.05) is 0 Å². The van der Waals surface area contributed by atoms with Gasteiger partial charge in [0.15, 0.2) is 5.78 Å². The van der Waals surface area contributed by atoms with E-state index in [4.69, 9.17) is 10.00 Å². The Hall–Kier alpha value is -2.60. The van der Waals surface area contributed by atoms with Crippen LogP contribution in [-0.2, 0) is 0 Å². The highest BCUT2D eigenvalue weighted by Gasteiger charge is 2.49. The lowest BCUT2D eigenvalue weighted by atomic mass is 9.69. The van der Waals surface area contributed by atoms with Crippen molar-refractivity contribution in [2.24, 2.45) is 5.92 Å². The number of Topliss-reactive ketones (excluding diaryl/α,β-unsaturated/α-hetero) is 1. The molecule has 26 heavy (non-hydrogen) atoms. The van der Waals surface area contributed by atoms with Crippen LogP contribution < -0.4 is 4.74 Å². The molecule has 2 aliphatic rings. The largest absolute Gasteiger partial charge is 0.486 e. The van der Waals surface area contributed by atoms with Crippen molar-refractivity contribution >= 4 is 5.78 Å². The number of benzene rings is 2. The fourth-order valence-electron chi connectivity index (χ4n) is 4.54. The number of hydrogen-bond donors (Lipinski definition) is 0. The van der Waals surface area contributed by atoms with E-state index in [9.17, 15) is 4.79 Å². The van der Waals surface area contributed by atoms with Gasteiger partial charge in [0.25, 0.3) is 0 Å². The molecule has 0 aromatic heterocycles. The van der Waals surface area contributed by atoms with Gasteiger partial charge in [-0.15, -0.1) is 0 Å². The van der Waals surface area contributed by atoms with Crippen molar-refractivity contribution in [2.45, 2.75) is 50.5 Å². The first-order chi connectivity index (χ1) is 12.7. The summed E-state index contributed by atoms with van der Waals surface area (Å²) in [6.07, 6.45) is 6.18. The maximum absolute atomic E-state index is 13.3. The highest BCUT2D eigenvalue weighted by Crippen LogP contribution is 2.47. The molecule has 0 bridgehead atoms. The molecule has 4 rings (SSSR count). The van der Waals surface area contributed by atoms with Crippen LogP contribution in [0.25, 0.3) is 11.1 Å². The molecule has 1 aliphatic heterocycles. The predicted octanol–water partition coefficient (Wildman–Crippen LogP) is 5.55. The topological polar surface area (TPSA) is 50.1 Å². The Kier molecular flexibility index (Phi) is 4.51. The molecule has 3 heteroatoms. The van der Waals surface area contributed by atoms with Gasteiger partial charge in [0.05, 0.1) is 17.6 Å². The number of nitrogens with zero attached hydrogens (tertiary/aromatic N) is 1. The summed E-state index contributed by atoms with van der Waals surface area (Å²) in [5.74, 6) is 0.673. The van der Waals surface area contributed by atoms with E-state index >= 15 is 0 Å². The second-order valence-electron chi connectivity index (χ2n) is 7.42. The van der Waals surface area contributed by atoms with Crippen molar-refractivity contribution in [3.8, 4) is 22.9 Å². The van der Waals surface area contributed by atoms with E-state index in [-0.39, 0.29) is 11.7 Å². The summed E-state index contributed by atoms with van der Waals surface area (Å²) >= 11 is 0. The average Bonchev–Trinajstić information content (AvgIpc) is 2.69. The first kappa shape index (κ1) is 16.8. The summed E-state index contributed by atoms with van der Waals surface area (Å²) in [6.45, 7) is 0. The smallest absolute Gasteiger partial charge is 0.173 e. The van der Waals surface area contributed by atoms with Crippen molar-refractivity contribution in [1.29, 1.82) is 5.26 Å². The highest BCUT2D eigenvalue weighted by atomic mass is 16.5. The van der Waals surface area contributed by atoms with E-state index < -0.39 is 5.60 Å². The molecule has 1 fully saturated rings. The van der Waals surface area contributed by atoms with Crippen molar-refractivity contribution < 1.29 is 9.53 Å². The van der Waals surface area contributed by atoms with Gasteiger partial charge >= 0.3 is 0 Å². The molecular weight excluding hydrogens is 322 g/mol. The van der Waals surface area contributed by atoms with Crippen LogP contribution in [0, 0.1) is 17.2 Å². The zero-order valence-corrected chi connectivity index (χ0v) is 14.9. The number of carbonyl (C=O) groups excluding carboxylic acids is 1. The third kappa shape index (κ3) is 2.90. The molecule has 132 valence electrons. The van der Waals surface area contributed by atoms with Crippen LogP contribution in [0.3, 0.4) is 0 Å². The van der Waals surface area contributed by atoms with E-state index in [1.807, 2.05) is 36.4 Å². The Morgan fingerprint density at radius 1 is 1.04 bits per heavy atom. The molecule has 1 unspecified atom stereocenters. The lowest BCUT2D eigenvalue weighted by Crippen LogP contribution is -2.51. The highest BCUT2D eigenvalue weighted by molar-refractivity contribution is 6.02. The van der Waals surface area contributed by atoms with Crippen LogP contribution in [0.4, 0.5) is 0 Å². The van der Waals surface area contributed by atoms with E-state index in [0.29, 0.717) is 24.2 Å². The second kappa shape index (κ2) is 6.96. The van der Waals surface area contributed by atoms with Gasteiger partial charge in [-0.2, -0.15) is 5.26 Å². The molecule has 1 spiro atoms. The quantitative estimate of drug-likeness (QED) is 0.732. The summed E-state index contributed by atoms with van der Waals surface area (Å²) in [5.41, 5.74) is 2.44. The Morgan fingerprint density at radius 2 is 1.81 bits per heavy atom. The van der Waals surface area contributed by atoms with Crippen LogP contribution in [-0.4, -0.2) is 11.4 Å². The number of rotatable bonds is 3. The Morgan fingerprint density at radius 3 is 2.54 bits per heavy atom. The molecule has 2 aromatic rings. The van der Waals surface area contributed by atoms with E-state index in [2.05, 4.69) is 18.2 Å². The molecule has 2 aromatic carbocycles. The van der Waals surface area contributed by atoms with Crippen LogP contribution >= 0.6 is 0 Å². The van der Waals surface area contributed by atoms with Crippen LogP contribution in [0.2, 0.25) is 0 Å². The Balaban J connectivity index is 1.75. The molecular formula is C23H23NO2. The van der Waals surface area contributed by atoms with Gasteiger partial charge in [0, 0.05) is 6.42 Å². The van der Waals surface area contributed by atoms with Crippen LogP contribution in [0.5, 0.6) is 5.75 Å². The summed E-state index contributed by atoms with van der Waals surface area (Å²) in [7, 11) is 0. The van der Waals surface area contributed by atoms with Crippen molar-refractivity contribution in [1.82, 2.24) is 0 Å². The predicted molar refractivity (Wildman–Crippen MR) is 101 cm³/mol. The van der Waals surface area contributed by atoms with Gasteiger partial charge in [-0.1, -0.05) is 42.8 Å². The summed E-state index contributed by atoms with van der Waals surface area (Å²) in [4.78, 5) is 13.3. The number of nitriles is 1. The number of carbonyl (C=O) groups is 1. The van der Waals surface area contributed by atoms with Gasteiger partial charge < -0.3 is 4.74 Å². The van der Waals surface area contributed by atoms with Gasteiger partial charge in [-0.3, -0.25) is 4.79 Å². The SMILES string of the molecule is N#CCCC1C(=O)c2ccc(-c3ccccc3)cc2OC12CCCCC2. The van der Waals surface area contributed by atoms with Crippen LogP contribution in [0.1, 0.15) is 55.3 Å². The molecule has 0 amide bonds. The summed E-state index contributed by atoms with van der Waals surface area (Å²) in [6, 6.07) is 18.3. The monoisotopic (exact) mass is 345 g/mol. The second-order valence-corrected chi connectivity index (χ2v) is 7.42. The Labute approximate surface area is 154 Å². The van der Waals surface area contributed by atoms with E-state index in [1.54, 1.807) is 0 Å². The summed E-state index contributed by atoms with van der Waals surface area (Å²) < 4.78 is 6.57. The lowest BCUT2D eigenvalue weighted by molar-refractivity contribution is -0.0278. The average molecular weight is 345 g/mol. The number of ether oxygens (including phenoxy) is 1. The van der Waals surface area contributed by atoms with Crippen molar-refractivity contribution in [3.05, 3.63) is 54.1 Å². The molecule has 0 N–H and O–H groups in total. The molecule has 1 saturated carbocycles. The molecule has 1 atom stereocenters. The minimum absolute atomic E-state index is 0.156. The molecule has 1 aliphatic carbocycles. The van der Waals surface area contributed by atoms with Gasteiger partial charge in [-0.05, 0) is 55.4 Å². The number of ketones is 1. The normalized spacial score (nSPS) is 20.9. The maximum atomic E-state index is 13.3. The first-order valence-corrected chi connectivity index (χ1v) is 9.53. The standard InChI is InChI=1S/C23H23NO2/c24-15-7-10-20-22(25)19-12-11-18(17-8-3-1-4-9-17)16-21(19)26-23(20)13-5-2-6-14-23/h1,3-4,8-9,11-12,16,20H,2,5-7,10,13-14H2. The van der Waals surface area contributed by atoms with Crippen molar-refractivity contribution in [3.63, 3.8) is 0 Å².